The first-order valence-electron chi connectivity index (χ1n) is 16.0. The molecule has 1 amide bonds. The van der Waals surface area contributed by atoms with Crippen molar-refractivity contribution in [1.82, 2.24) is 19.4 Å². The normalized spacial score (nSPS) is 18.1. The zero-order chi connectivity index (χ0) is 34.8. The summed E-state index contributed by atoms with van der Waals surface area (Å²) in [4.78, 5) is 51.4. The van der Waals surface area contributed by atoms with E-state index in [1.165, 1.54) is 24.3 Å². The Labute approximate surface area is 280 Å². The van der Waals surface area contributed by atoms with Crippen LogP contribution in [0.3, 0.4) is 0 Å². The topological polar surface area (TPSA) is 132 Å². The summed E-state index contributed by atoms with van der Waals surface area (Å²) >= 11 is 0. The van der Waals surface area contributed by atoms with Crippen LogP contribution in [0.4, 0.5) is 14.6 Å². The Morgan fingerprint density at radius 1 is 1.02 bits per heavy atom. The Bertz CT molecular complexity index is 2230. The average molecular weight is 690 g/mol. The zero-order valence-electron chi connectivity index (χ0n) is 26.9. The molecule has 11 nitrogen and oxygen atoms in total. The number of carbonyl (C=O) groups excluding carboxylic acids is 2. The second-order valence-corrected chi connectivity index (χ2v) is 14.8. The van der Waals surface area contributed by atoms with Gasteiger partial charge in [-0.25, -0.2) is 31.5 Å². The van der Waals surface area contributed by atoms with E-state index in [4.69, 9.17) is 4.74 Å². The predicted octanol–water partition coefficient (Wildman–Crippen LogP) is 4.55. The highest BCUT2D eigenvalue weighted by molar-refractivity contribution is 7.90. The molecule has 1 atom stereocenters. The van der Waals surface area contributed by atoms with Gasteiger partial charge in [0.25, 0.3) is 0 Å². The van der Waals surface area contributed by atoms with Crippen LogP contribution in [0.2, 0.25) is 0 Å². The van der Waals surface area contributed by atoms with E-state index in [2.05, 4.69) is 16.5 Å². The lowest BCUT2D eigenvalue weighted by molar-refractivity contribution is -0.135. The molecule has 2 saturated carbocycles. The lowest BCUT2D eigenvalue weighted by Gasteiger charge is -2.40. The van der Waals surface area contributed by atoms with Gasteiger partial charge in [-0.1, -0.05) is 24.8 Å². The highest BCUT2D eigenvalue weighted by atomic mass is 32.2. The molecule has 7 rings (SSSR count). The minimum Gasteiger partial charge on any atom is -0.425 e. The summed E-state index contributed by atoms with van der Waals surface area (Å²) in [5.74, 6) is -3.26. The maximum absolute atomic E-state index is 16.4. The number of esters is 1. The number of nitrogens with zero attached hydrogens (tertiary/aromatic N) is 5. The van der Waals surface area contributed by atoms with E-state index < -0.39 is 44.4 Å². The molecule has 14 heteroatoms. The van der Waals surface area contributed by atoms with Crippen LogP contribution in [-0.2, 0) is 19.4 Å². The molecule has 2 aromatic heterocycles. The van der Waals surface area contributed by atoms with E-state index in [1.807, 2.05) is 6.92 Å². The summed E-state index contributed by atoms with van der Waals surface area (Å²) in [7, 11) is -3.91. The lowest BCUT2D eigenvalue weighted by atomic mass is 10.1. The van der Waals surface area contributed by atoms with Crippen molar-refractivity contribution in [3.8, 4) is 22.7 Å². The van der Waals surface area contributed by atoms with Gasteiger partial charge in [0.05, 0.1) is 27.5 Å². The van der Waals surface area contributed by atoms with Gasteiger partial charge < -0.3 is 14.5 Å². The van der Waals surface area contributed by atoms with Crippen molar-refractivity contribution in [1.29, 1.82) is 0 Å². The van der Waals surface area contributed by atoms with Gasteiger partial charge in [-0.3, -0.25) is 9.59 Å². The summed E-state index contributed by atoms with van der Waals surface area (Å²) in [6.45, 7) is 6.14. The number of amides is 1. The molecule has 2 aliphatic carbocycles. The van der Waals surface area contributed by atoms with Gasteiger partial charge in [0.15, 0.2) is 21.3 Å². The zero-order valence-corrected chi connectivity index (χ0v) is 27.7. The van der Waals surface area contributed by atoms with Crippen LogP contribution in [0.1, 0.15) is 44.1 Å². The molecular weight excluding hydrogens is 656 g/mol. The third-order valence-electron chi connectivity index (χ3n) is 9.19. The number of hydrogen-bond acceptors (Lipinski definition) is 9. The second-order valence-electron chi connectivity index (χ2n) is 12.8. The van der Waals surface area contributed by atoms with Crippen molar-refractivity contribution in [3.63, 3.8) is 0 Å². The molecule has 3 fully saturated rings. The first-order valence-corrected chi connectivity index (χ1v) is 17.9. The Hall–Kier alpha value is -4.98. The number of anilines is 1. The van der Waals surface area contributed by atoms with Gasteiger partial charge in [-0.15, -0.1) is 0 Å². The molecule has 3 heterocycles. The third-order valence-corrected chi connectivity index (χ3v) is 10.3. The Balaban J connectivity index is 1.51. The number of sulfone groups is 1. The summed E-state index contributed by atoms with van der Waals surface area (Å²) in [6.07, 6.45) is 5.04. The molecule has 1 saturated heterocycles. The van der Waals surface area contributed by atoms with Crippen molar-refractivity contribution in [3.05, 3.63) is 82.8 Å². The van der Waals surface area contributed by atoms with Crippen LogP contribution in [0.15, 0.2) is 64.8 Å². The van der Waals surface area contributed by atoms with Crippen molar-refractivity contribution < 1.29 is 31.5 Å². The number of pyridine rings is 1. The van der Waals surface area contributed by atoms with Gasteiger partial charge in [-0.2, -0.15) is 4.98 Å². The number of aromatic nitrogens is 3. The summed E-state index contributed by atoms with van der Waals surface area (Å²) < 4.78 is 64.9. The standard InChI is InChI=1S/C35H33F2N5O6S/c1-4-28(43)40-15-16-41(19(2)18-40)32-23-17-25(37)30(29-24(36)8-6-9-26(29)48-34(44)21-13-14-21)38-33(23)42(35(45)39-32)31-22(20-11-12-20)7-5-10-27(31)49(3,46)47/h4-10,17,19-21H,1,11-16,18H2,2-3H3/t19-/m0/s1. The molecule has 0 unspecified atom stereocenters. The maximum atomic E-state index is 16.4. The fraction of sp³-hybridized carbons (Fsp3) is 0.343. The maximum Gasteiger partial charge on any atom is 0.355 e. The number of rotatable bonds is 8. The van der Waals surface area contributed by atoms with Crippen molar-refractivity contribution in [2.75, 3.05) is 30.8 Å². The highest BCUT2D eigenvalue weighted by Crippen LogP contribution is 2.45. The van der Waals surface area contributed by atoms with Crippen molar-refractivity contribution in [2.24, 2.45) is 5.92 Å². The third kappa shape index (κ3) is 5.98. The molecule has 3 aliphatic rings. The predicted molar refractivity (Wildman–Crippen MR) is 178 cm³/mol. The fourth-order valence-corrected chi connectivity index (χ4v) is 7.32. The molecule has 4 aromatic rings. The number of piperazine rings is 1. The van der Waals surface area contributed by atoms with Crippen LogP contribution >= 0.6 is 0 Å². The lowest BCUT2D eigenvalue weighted by Crippen LogP contribution is -2.54. The second kappa shape index (κ2) is 12.2. The number of benzene rings is 2. The van der Waals surface area contributed by atoms with Gasteiger partial charge in [0.2, 0.25) is 5.91 Å². The van der Waals surface area contributed by atoms with E-state index in [9.17, 15) is 22.8 Å². The number of hydrogen-bond donors (Lipinski definition) is 0. The molecule has 0 bridgehead atoms. The van der Waals surface area contributed by atoms with Crippen LogP contribution < -0.4 is 15.3 Å². The molecule has 1 aliphatic heterocycles. The number of halogens is 2. The molecule has 49 heavy (non-hydrogen) atoms. The average Bonchev–Trinajstić information content (AvgIpc) is 3.98. The van der Waals surface area contributed by atoms with Crippen molar-refractivity contribution >= 4 is 38.6 Å². The Morgan fingerprint density at radius 2 is 1.76 bits per heavy atom. The minimum atomic E-state index is -3.91. The van der Waals surface area contributed by atoms with Crippen LogP contribution in [0.25, 0.3) is 28.0 Å². The Morgan fingerprint density at radius 3 is 2.41 bits per heavy atom. The molecule has 2 aromatic carbocycles. The quantitative estimate of drug-likeness (QED) is 0.149. The first-order chi connectivity index (χ1) is 23.4. The molecule has 0 N–H and O–H groups in total. The minimum absolute atomic E-state index is 0.0336. The summed E-state index contributed by atoms with van der Waals surface area (Å²) in [5.41, 5.74) is -1.36. The Kier molecular flexibility index (Phi) is 8.08. The number of carbonyl (C=O) groups is 2. The first kappa shape index (κ1) is 32.6. The highest BCUT2D eigenvalue weighted by Gasteiger charge is 2.35. The summed E-state index contributed by atoms with van der Waals surface area (Å²) in [6, 6.07) is 9.18. The SMILES string of the molecule is C=CC(=O)N1CCN(c2nc(=O)n(-c3c(C4CC4)cccc3S(C)(=O)=O)c3nc(-c4c(F)cccc4OC(=O)C4CC4)c(F)cc23)[C@@H](C)C1. The van der Waals surface area contributed by atoms with Gasteiger partial charge in [0.1, 0.15) is 23.1 Å². The van der Waals surface area contributed by atoms with Gasteiger partial charge >= 0.3 is 11.7 Å². The monoisotopic (exact) mass is 689 g/mol. The smallest absolute Gasteiger partial charge is 0.355 e. The molecule has 254 valence electrons. The summed E-state index contributed by atoms with van der Waals surface area (Å²) in [5, 5.41) is 0.0640. The van der Waals surface area contributed by atoms with E-state index in [-0.39, 0.29) is 76.6 Å². The van der Waals surface area contributed by atoms with E-state index >= 15 is 8.78 Å². The van der Waals surface area contributed by atoms with Crippen LogP contribution in [0, 0.1) is 17.6 Å². The van der Waals surface area contributed by atoms with Crippen molar-refractivity contribution in [2.45, 2.75) is 49.5 Å². The number of ether oxygens (including phenoxy) is 1. The molecular formula is C35H33F2N5O6S. The number of para-hydroxylation sites is 1. The van der Waals surface area contributed by atoms with Crippen LogP contribution in [0.5, 0.6) is 5.75 Å². The largest absolute Gasteiger partial charge is 0.425 e. The van der Waals surface area contributed by atoms with Gasteiger partial charge in [0, 0.05) is 31.9 Å². The van der Waals surface area contributed by atoms with Crippen LogP contribution in [-0.4, -0.2) is 71.7 Å². The molecule has 0 radical (unpaired) electrons. The number of fused-ring (bicyclic) bond motifs is 1. The van der Waals surface area contributed by atoms with Gasteiger partial charge in [-0.05, 0) is 74.4 Å². The molecule has 0 spiro atoms. The van der Waals surface area contributed by atoms with E-state index in [0.717, 1.165) is 35.8 Å². The van der Waals surface area contributed by atoms with E-state index in [1.54, 1.807) is 21.9 Å². The van der Waals surface area contributed by atoms with E-state index in [0.29, 0.717) is 18.4 Å². The fourth-order valence-electron chi connectivity index (χ4n) is 6.43.